The maximum atomic E-state index is 12.2. The highest BCUT2D eigenvalue weighted by Crippen LogP contribution is 2.24. The summed E-state index contributed by atoms with van der Waals surface area (Å²) in [4.78, 5) is 24.1. The first kappa shape index (κ1) is 17.5. The quantitative estimate of drug-likeness (QED) is 0.472. The molecule has 0 fully saturated rings. The maximum Gasteiger partial charge on any atom is 0.338 e. The van der Waals surface area contributed by atoms with Crippen molar-refractivity contribution < 1.29 is 13.9 Å². The number of benzene rings is 2. The van der Waals surface area contributed by atoms with Gasteiger partial charge in [-0.25, -0.2) is 9.59 Å². The molecular formula is C19H14Cl2O4. The van der Waals surface area contributed by atoms with Crippen molar-refractivity contribution in [1.29, 1.82) is 0 Å². The second-order valence-electron chi connectivity index (χ2n) is 5.71. The zero-order valence-electron chi connectivity index (χ0n) is 13.6. The van der Waals surface area contributed by atoms with Crippen molar-refractivity contribution in [2.24, 2.45) is 0 Å². The third-order valence-corrected chi connectivity index (χ3v) is 4.41. The van der Waals surface area contributed by atoms with Gasteiger partial charge in [-0.2, -0.15) is 0 Å². The zero-order valence-corrected chi connectivity index (χ0v) is 15.1. The number of carbonyl (C=O) groups is 1. The number of esters is 1. The van der Waals surface area contributed by atoms with Crippen LogP contribution in [0.2, 0.25) is 10.0 Å². The van der Waals surface area contributed by atoms with Gasteiger partial charge in [0.1, 0.15) is 12.2 Å². The molecule has 0 saturated heterocycles. The van der Waals surface area contributed by atoms with Gasteiger partial charge in [-0.3, -0.25) is 0 Å². The van der Waals surface area contributed by atoms with Crippen molar-refractivity contribution >= 4 is 40.1 Å². The standard InChI is InChI=1S/C19H14Cl2O4/c1-10-3-4-16-13(7-17(22)25-18(16)11(10)2)9-24-19(23)12-5-14(20)8-15(21)6-12/h3-8H,9H2,1-2H3. The van der Waals surface area contributed by atoms with Gasteiger partial charge in [0.25, 0.3) is 0 Å². The Morgan fingerprint density at radius 3 is 2.44 bits per heavy atom. The molecule has 1 aromatic heterocycles. The Kier molecular flexibility index (Phi) is 4.84. The van der Waals surface area contributed by atoms with Crippen LogP contribution in [0.1, 0.15) is 27.0 Å². The van der Waals surface area contributed by atoms with Gasteiger partial charge in [-0.1, -0.05) is 35.3 Å². The molecule has 3 rings (SSSR count). The lowest BCUT2D eigenvalue weighted by molar-refractivity contribution is 0.0474. The summed E-state index contributed by atoms with van der Waals surface area (Å²) < 4.78 is 10.6. The second kappa shape index (κ2) is 6.90. The summed E-state index contributed by atoms with van der Waals surface area (Å²) in [5, 5.41) is 1.42. The fraction of sp³-hybridized carbons (Fsp3) is 0.158. The molecule has 25 heavy (non-hydrogen) atoms. The van der Waals surface area contributed by atoms with Crippen molar-refractivity contribution in [3.8, 4) is 0 Å². The van der Waals surface area contributed by atoms with Crippen LogP contribution in [0.15, 0.2) is 45.6 Å². The molecule has 6 heteroatoms. The van der Waals surface area contributed by atoms with E-state index >= 15 is 0 Å². The maximum absolute atomic E-state index is 12.2. The topological polar surface area (TPSA) is 56.5 Å². The van der Waals surface area contributed by atoms with E-state index in [-0.39, 0.29) is 12.2 Å². The third-order valence-electron chi connectivity index (χ3n) is 3.97. The monoisotopic (exact) mass is 376 g/mol. The summed E-state index contributed by atoms with van der Waals surface area (Å²) in [6, 6.07) is 9.58. The van der Waals surface area contributed by atoms with E-state index in [2.05, 4.69) is 0 Å². The van der Waals surface area contributed by atoms with Crippen LogP contribution < -0.4 is 5.63 Å². The smallest absolute Gasteiger partial charge is 0.338 e. The highest BCUT2D eigenvalue weighted by molar-refractivity contribution is 6.35. The molecule has 0 amide bonds. The largest absolute Gasteiger partial charge is 0.457 e. The minimum atomic E-state index is -0.574. The molecule has 0 unspecified atom stereocenters. The number of halogens is 2. The summed E-state index contributed by atoms with van der Waals surface area (Å²) in [5.41, 5.74) is 2.73. The second-order valence-corrected chi connectivity index (χ2v) is 6.58. The van der Waals surface area contributed by atoms with Crippen LogP contribution in [-0.4, -0.2) is 5.97 Å². The van der Waals surface area contributed by atoms with E-state index in [9.17, 15) is 9.59 Å². The lowest BCUT2D eigenvalue weighted by Gasteiger charge is -2.10. The van der Waals surface area contributed by atoms with Crippen LogP contribution in [0, 0.1) is 13.8 Å². The SMILES string of the molecule is Cc1ccc2c(COC(=O)c3cc(Cl)cc(Cl)c3)cc(=O)oc2c1C. The first-order chi connectivity index (χ1) is 11.8. The van der Waals surface area contributed by atoms with Gasteiger partial charge >= 0.3 is 11.6 Å². The van der Waals surface area contributed by atoms with Crippen molar-refractivity contribution in [3.05, 3.63) is 79.1 Å². The zero-order chi connectivity index (χ0) is 18.1. The van der Waals surface area contributed by atoms with Crippen LogP contribution in [-0.2, 0) is 11.3 Å². The van der Waals surface area contributed by atoms with Gasteiger partial charge in [0.15, 0.2) is 0 Å². The van der Waals surface area contributed by atoms with Gasteiger partial charge in [-0.15, -0.1) is 0 Å². The molecule has 3 aromatic rings. The molecule has 0 bridgehead atoms. The minimum absolute atomic E-state index is 0.0619. The highest BCUT2D eigenvalue weighted by Gasteiger charge is 2.13. The third kappa shape index (κ3) is 3.70. The van der Waals surface area contributed by atoms with Gasteiger partial charge in [0.05, 0.1) is 5.56 Å². The Morgan fingerprint density at radius 1 is 1.08 bits per heavy atom. The van der Waals surface area contributed by atoms with Crippen molar-refractivity contribution in [2.75, 3.05) is 0 Å². The van der Waals surface area contributed by atoms with E-state index in [1.807, 2.05) is 26.0 Å². The molecule has 0 spiro atoms. The van der Waals surface area contributed by atoms with Crippen LogP contribution in [0.25, 0.3) is 11.0 Å². The van der Waals surface area contributed by atoms with Crippen LogP contribution in [0.5, 0.6) is 0 Å². The Bertz CT molecular complexity index is 1020. The fourth-order valence-electron chi connectivity index (χ4n) is 2.54. The molecule has 0 aliphatic rings. The fourth-order valence-corrected chi connectivity index (χ4v) is 3.07. The highest BCUT2D eigenvalue weighted by atomic mass is 35.5. The average Bonchev–Trinajstić information content (AvgIpc) is 2.55. The summed E-state index contributed by atoms with van der Waals surface area (Å²) in [6.07, 6.45) is 0. The first-order valence-electron chi connectivity index (χ1n) is 7.51. The predicted molar refractivity (Wildman–Crippen MR) is 97.5 cm³/mol. The van der Waals surface area contributed by atoms with E-state index in [1.165, 1.54) is 24.3 Å². The van der Waals surface area contributed by atoms with E-state index in [0.29, 0.717) is 21.2 Å². The van der Waals surface area contributed by atoms with E-state index in [1.54, 1.807) is 0 Å². The predicted octanol–water partition coefficient (Wildman–Crippen LogP) is 5.07. The Morgan fingerprint density at radius 2 is 1.76 bits per heavy atom. The lowest BCUT2D eigenvalue weighted by atomic mass is 10.0. The number of fused-ring (bicyclic) bond motifs is 1. The minimum Gasteiger partial charge on any atom is -0.457 e. The summed E-state index contributed by atoms with van der Waals surface area (Å²) >= 11 is 11.8. The molecule has 0 N–H and O–H groups in total. The molecule has 0 aliphatic heterocycles. The van der Waals surface area contributed by atoms with Crippen molar-refractivity contribution in [3.63, 3.8) is 0 Å². The molecule has 0 atom stereocenters. The van der Waals surface area contributed by atoms with Gasteiger partial charge in [0.2, 0.25) is 0 Å². The number of hydrogen-bond donors (Lipinski definition) is 0. The molecule has 0 saturated carbocycles. The van der Waals surface area contributed by atoms with Gasteiger partial charge < -0.3 is 9.15 Å². The van der Waals surface area contributed by atoms with E-state index in [0.717, 1.165) is 16.5 Å². The lowest BCUT2D eigenvalue weighted by Crippen LogP contribution is -2.08. The normalized spacial score (nSPS) is 10.9. The van der Waals surface area contributed by atoms with Crippen LogP contribution in [0.3, 0.4) is 0 Å². The summed E-state index contributed by atoms with van der Waals surface area (Å²) in [7, 11) is 0. The molecular weight excluding hydrogens is 363 g/mol. The summed E-state index contributed by atoms with van der Waals surface area (Å²) in [5.74, 6) is -0.574. The number of ether oxygens (including phenoxy) is 1. The van der Waals surface area contributed by atoms with E-state index in [4.69, 9.17) is 32.4 Å². The number of hydrogen-bond acceptors (Lipinski definition) is 4. The Labute approximate surface area is 153 Å². The van der Waals surface area contributed by atoms with E-state index < -0.39 is 11.6 Å². The summed E-state index contributed by atoms with van der Waals surface area (Å²) in [6.45, 7) is 3.75. The molecule has 2 aromatic carbocycles. The number of rotatable bonds is 3. The van der Waals surface area contributed by atoms with Gasteiger partial charge in [0, 0.05) is 27.1 Å². The van der Waals surface area contributed by atoms with Gasteiger partial charge in [-0.05, 0) is 43.2 Å². The number of aryl methyl sites for hydroxylation is 2. The number of carbonyl (C=O) groups excluding carboxylic acids is 1. The van der Waals surface area contributed by atoms with Crippen LogP contribution >= 0.6 is 23.2 Å². The van der Waals surface area contributed by atoms with Crippen molar-refractivity contribution in [1.82, 2.24) is 0 Å². The average molecular weight is 377 g/mol. The van der Waals surface area contributed by atoms with Crippen molar-refractivity contribution in [2.45, 2.75) is 20.5 Å². The molecule has 4 nitrogen and oxygen atoms in total. The molecule has 0 radical (unpaired) electrons. The molecule has 128 valence electrons. The molecule has 1 heterocycles. The Balaban J connectivity index is 1.92. The Hall–Kier alpha value is -2.30. The molecule has 0 aliphatic carbocycles. The van der Waals surface area contributed by atoms with Crippen LogP contribution in [0.4, 0.5) is 0 Å². The first-order valence-corrected chi connectivity index (χ1v) is 8.27.